The van der Waals surface area contributed by atoms with Gasteiger partial charge in [-0.15, -0.1) is 0 Å². The third-order valence-electron chi connectivity index (χ3n) is 2.23. The molecule has 94 valence electrons. The summed E-state index contributed by atoms with van der Waals surface area (Å²) in [5.41, 5.74) is 4.21. The summed E-state index contributed by atoms with van der Waals surface area (Å²) >= 11 is 0. The van der Waals surface area contributed by atoms with Crippen molar-refractivity contribution >= 4 is 12.3 Å². The fraction of sp³-hybridized carbons (Fsp3) is 0.833. The Morgan fingerprint density at radius 1 is 1.38 bits per heavy atom. The second kappa shape index (κ2) is 5.99. The van der Waals surface area contributed by atoms with E-state index in [-0.39, 0.29) is 6.42 Å². The molecule has 0 fully saturated rings. The molecule has 0 radical (unpaired) electrons. The Hall–Kier alpha value is -0.900. The van der Waals surface area contributed by atoms with Crippen molar-refractivity contribution in [2.24, 2.45) is 5.73 Å². The molecule has 0 heterocycles. The summed E-state index contributed by atoms with van der Waals surface area (Å²) < 4.78 is 5.23. The van der Waals surface area contributed by atoms with E-state index in [1.165, 1.54) is 0 Å². The highest BCUT2D eigenvalue weighted by Gasteiger charge is 2.36. The van der Waals surface area contributed by atoms with E-state index in [0.29, 0.717) is 12.7 Å². The Labute approximate surface area is 97.5 Å². The topological polar surface area (TPSA) is 69.4 Å². The van der Waals surface area contributed by atoms with Gasteiger partial charge >= 0.3 is 5.97 Å². The van der Waals surface area contributed by atoms with E-state index in [9.17, 15) is 9.59 Å². The minimum absolute atomic E-state index is 0.0158. The molecule has 0 saturated carbocycles. The number of esters is 1. The van der Waals surface area contributed by atoms with Crippen LogP contribution in [0.15, 0.2) is 0 Å². The SMILES string of the molecule is CCCCC(N)(CC=O)C(=O)OC(C)(C)C. The van der Waals surface area contributed by atoms with Crippen molar-refractivity contribution in [1.82, 2.24) is 0 Å². The number of carbonyl (C=O) groups is 2. The van der Waals surface area contributed by atoms with E-state index in [0.717, 1.165) is 12.8 Å². The fourth-order valence-corrected chi connectivity index (χ4v) is 1.31. The second-order valence-corrected chi connectivity index (χ2v) is 5.13. The third kappa shape index (κ3) is 5.26. The summed E-state index contributed by atoms with van der Waals surface area (Å²) in [5.74, 6) is -0.486. The average molecular weight is 229 g/mol. The van der Waals surface area contributed by atoms with E-state index in [1.54, 1.807) is 20.8 Å². The van der Waals surface area contributed by atoms with Gasteiger partial charge in [0.1, 0.15) is 17.4 Å². The van der Waals surface area contributed by atoms with Gasteiger partial charge in [0, 0.05) is 6.42 Å². The lowest BCUT2D eigenvalue weighted by atomic mass is 9.90. The van der Waals surface area contributed by atoms with Crippen molar-refractivity contribution < 1.29 is 14.3 Å². The zero-order valence-corrected chi connectivity index (χ0v) is 10.7. The number of hydrogen-bond acceptors (Lipinski definition) is 4. The predicted octanol–water partition coefficient (Wildman–Crippen LogP) is 1.80. The van der Waals surface area contributed by atoms with Crippen LogP contribution in [0, 0.1) is 0 Å². The van der Waals surface area contributed by atoms with Crippen molar-refractivity contribution in [3.63, 3.8) is 0 Å². The van der Waals surface area contributed by atoms with Crippen LogP contribution in [0.5, 0.6) is 0 Å². The molecule has 16 heavy (non-hydrogen) atoms. The monoisotopic (exact) mass is 229 g/mol. The Kier molecular flexibility index (Phi) is 5.65. The van der Waals surface area contributed by atoms with Crippen LogP contribution in [-0.4, -0.2) is 23.4 Å². The lowest BCUT2D eigenvalue weighted by molar-refractivity contribution is -0.162. The van der Waals surface area contributed by atoms with E-state index in [2.05, 4.69) is 0 Å². The fourth-order valence-electron chi connectivity index (χ4n) is 1.31. The molecule has 0 rings (SSSR count). The smallest absolute Gasteiger partial charge is 0.327 e. The van der Waals surface area contributed by atoms with Crippen LogP contribution < -0.4 is 5.73 Å². The van der Waals surface area contributed by atoms with Gasteiger partial charge in [-0.2, -0.15) is 0 Å². The molecule has 0 aromatic rings. The van der Waals surface area contributed by atoms with Crippen LogP contribution in [-0.2, 0) is 14.3 Å². The van der Waals surface area contributed by atoms with Crippen LogP contribution in [0.1, 0.15) is 53.4 Å². The highest BCUT2D eigenvalue weighted by atomic mass is 16.6. The van der Waals surface area contributed by atoms with Gasteiger partial charge in [-0.05, 0) is 27.2 Å². The molecule has 4 heteroatoms. The maximum atomic E-state index is 11.9. The highest BCUT2D eigenvalue weighted by Crippen LogP contribution is 2.20. The molecule has 0 spiro atoms. The van der Waals surface area contributed by atoms with E-state index in [1.807, 2.05) is 6.92 Å². The Morgan fingerprint density at radius 2 is 1.94 bits per heavy atom. The summed E-state index contributed by atoms with van der Waals surface area (Å²) in [5, 5.41) is 0. The van der Waals surface area contributed by atoms with Gasteiger partial charge in [-0.3, -0.25) is 4.79 Å². The van der Waals surface area contributed by atoms with Crippen LogP contribution in [0.3, 0.4) is 0 Å². The van der Waals surface area contributed by atoms with E-state index >= 15 is 0 Å². The van der Waals surface area contributed by atoms with Crippen LogP contribution in [0.2, 0.25) is 0 Å². The van der Waals surface area contributed by atoms with Crippen LogP contribution in [0.25, 0.3) is 0 Å². The number of hydrogen-bond donors (Lipinski definition) is 1. The van der Waals surface area contributed by atoms with Crippen molar-refractivity contribution in [3.05, 3.63) is 0 Å². The highest BCUT2D eigenvalue weighted by molar-refractivity contribution is 5.83. The normalized spacial score (nSPS) is 15.3. The molecule has 0 aliphatic rings. The van der Waals surface area contributed by atoms with E-state index in [4.69, 9.17) is 10.5 Å². The van der Waals surface area contributed by atoms with Crippen molar-refractivity contribution in [3.8, 4) is 0 Å². The molecule has 0 aromatic heterocycles. The maximum Gasteiger partial charge on any atom is 0.327 e. The zero-order chi connectivity index (χ0) is 12.8. The van der Waals surface area contributed by atoms with Crippen molar-refractivity contribution in [2.75, 3.05) is 0 Å². The molecule has 0 aliphatic heterocycles. The van der Waals surface area contributed by atoms with Crippen molar-refractivity contribution in [1.29, 1.82) is 0 Å². The molecular formula is C12H23NO3. The third-order valence-corrected chi connectivity index (χ3v) is 2.23. The number of carbonyl (C=O) groups excluding carboxylic acids is 2. The van der Waals surface area contributed by atoms with E-state index < -0.39 is 17.1 Å². The molecule has 0 aromatic carbocycles. The number of unbranched alkanes of at least 4 members (excludes halogenated alkanes) is 1. The Bertz CT molecular complexity index is 245. The molecule has 2 N–H and O–H groups in total. The number of nitrogens with two attached hydrogens (primary N) is 1. The molecule has 0 bridgehead atoms. The minimum atomic E-state index is -1.16. The first-order valence-electron chi connectivity index (χ1n) is 5.71. The standard InChI is InChI=1S/C12H23NO3/c1-5-6-7-12(13,8-9-14)10(15)16-11(2,3)4/h9H,5-8,13H2,1-4H3. The van der Waals surface area contributed by atoms with Gasteiger partial charge in [-0.1, -0.05) is 19.8 Å². The molecule has 0 saturated heterocycles. The second-order valence-electron chi connectivity index (χ2n) is 5.13. The average Bonchev–Trinajstić information content (AvgIpc) is 2.12. The lowest BCUT2D eigenvalue weighted by Crippen LogP contribution is -2.51. The quantitative estimate of drug-likeness (QED) is 0.557. The van der Waals surface area contributed by atoms with Gasteiger partial charge in [0.05, 0.1) is 0 Å². The summed E-state index contributed by atoms with van der Waals surface area (Å²) in [6.07, 6.45) is 2.92. The lowest BCUT2D eigenvalue weighted by Gasteiger charge is -2.29. The Morgan fingerprint density at radius 3 is 2.31 bits per heavy atom. The minimum Gasteiger partial charge on any atom is -0.459 e. The molecule has 4 nitrogen and oxygen atoms in total. The summed E-state index contributed by atoms with van der Waals surface area (Å²) in [6, 6.07) is 0. The zero-order valence-electron chi connectivity index (χ0n) is 10.7. The Balaban J connectivity index is 4.62. The predicted molar refractivity (Wildman–Crippen MR) is 63.0 cm³/mol. The first-order valence-corrected chi connectivity index (χ1v) is 5.71. The summed E-state index contributed by atoms with van der Waals surface area (Å²) in [4.78, 5) is 22.4. The molecule has 1 atom stereocenters. The van der Waals surface area contributed by atoms with Gasteiger partial charge < -0.3 is 15.3 Å². The number of ether oxygens (including phenoxy) is 1. The summed E-state index contributed by atoms with van der Waals surface area (Å²) in [7, 11) is 0. The molecule has 1 unspecified atom stereocenters. The first-order chi connectivity index (χ1) is 7.25. The number of aldehydes is 1. The van der Waals surface area contributed by atoms with Gasteiger partial charge in [0.25, 0.3) is 0 Å². The molecule has 0 aliphatic carbocycles. The van der Waals surface area contributed by atoms with Crippen LogP contribution in [0.4, 0.5) is 0 Å². The summed E-state index contributed by atoms with van der Waals surface area (Å²) in [6.45, 7) is 7.36. The van der Waals surface area contributed by atoms with Gasteiger partial charge in [-0.25, -0.2) is 0 Å². The van der Waals surface area contributed by atoms with Gasteiger partial charge in [0.15, 0.2) is 0 Å². The van der Waals surface area contributed by atoms with Gasteiger partial charge in [0.2, 0.25) is 0 Å². The first kappa shape index (κ1) is 15.1. The molecule has 0 amide bonds. The maximum absolute atomic E-state index is 11.9. The van der Waals surface area contributed by atoms with Crippen LogP contribution >= 0.6 is 0 Å². The molecular weight excluding hydrogens is 206 g/mol. The van der Waals surface area contributed by atoms with Crippen molar-refractivity contribution in [2.45, 2.75) is 64.5 Å². The largest absolute Gasteiger partial charge is 0.459 e. The number of rotatable bonds is 6.